The first kappa shape index (κ1) is 18.5. The quantitative estimate of drug-likeness (QED) is 0.839. The third-order valence-electron chi connectivity index (χ3n) is 6.64. The van der Waals surface area contributed by atoms with Crippen LogP contribution in [0.5, 0.6) is 5.75 Å². The molecule has 1 saturated carbocycles. The molecule has 2 aromatic rings. The summed E-state index contributed by atoms with van der Waals surface area (Å²) >= 11 is 0. The highest BCUT2D eigenvalue weighted by atomic mass is 16.5. The number of piperidine rings is 1. The van der Waals surface area contributed by atoms with Crippen LogP contribution < -0.4 is 4.74 Å². The Bertz CT molecular complexity index is 772. The number of ether oxygens (including phenoxy) is 1. The van der Waals surface area contributed by atoms with E-state index in [0.717, 1.165) is 44.5 Å². The number of nitrogens with zero attached hydrogens (tertiary/aromatic N) is 1. The van der Waals surface area contributed by atoms with Crippen molar-refractivity contribution >= 4 is 0 Å². The van der Waals surface area contributed by atoms with Gasteiger partial charge in [0.25, 0.3) is 0 Å². The Kier molecular flexibility index (Phi) is 5.25. The van der Waals surface area contributed by atoms with Crippen LogP contribution in [0.2, 0.25) is 0 Å². The molecule has 3 heteroatoms. The summed E-state index contributed by atoms with van der Waals surface area (Å²) in [4.78, 5) is 2.56. The molecule has 2 aliphatic rings. The van der Waals surface area contributed by atoms with Gasteiger partial charge in [0.15, 0.2) is 0 Å². The second-order valence-corrected chi connectivity index (χ2v) is 8.35. The molecule has 1 saturated heterocycles. The average Bonchev–Trinajstić information content (AvgIpc) is 2.69. The monoisotopic (exact) mass is 365 g/mol. The summed E-state index contributed by atoms with van der Waals surface area (Å²) in [6, 6.07) is 17.4. The van der Waals surface area contributed by atoms with Crippen LogP contribution in [-0.2, 0) is 6.54 Å². The highest BCUT2D eigenvalue weighted by Crippen LogP contribution is 2.51. The predicted molar refractivity (Wildman–Crippen MR) is 109 cm³/mol. The Balaban J connectivity index is 1.71. The molecule has 0 unspecified atom stereocenters. The van der Waals surface area contributed by atoms with Crippen molar-refractivity contribution in [3.8, 4) is 5.75 Å². The number of para-hydroxylation sites is 1. The normalized spacial score (nSPS) is 28.6. The van der Waals surface area contributed by atoms with Crippen molar-refractivity contribution in [1.29, 1.82) is 0 Å². The van der Waals surface area contributed by atoms with Gasteiger partial charge in [0.2, 0.25) is 0 Å². The Hall–Kier alpha value is -1.84. The average molecular weight is 366 g/mol. The first-order chi connectivity index (χ1) is 13.1. The summed E-state index contributed by atoms with van der Waals surface area (Å²) in [5.74, 6) is 1.20. The van der Waals surface area contributed by atoms with Crippen LogP contribution in [0.4, 0.5) is 0 Å². The fourth-order valence-electron chi connectivity index (χ4n) is 5.17. The molecule has 2 aromatic carbocycles. The lowest BCUT2D eigenvalue weighted by molar-refractivity contribution is -0.126. The Morgan fingerprint density at radius 3 is 2.63 bits per heavy atom. The van der Waals surface area contributed by atoms with Gasteiger partial charge in [-0.3, -0.25) is 4.90 Å². The second-order valence-electron chi connectivity index (χ2n) is 8.35. The molecule has 27 heavy (non-hydrogen) atoms. The fraction of sp³-hybridized carbons (Fsp3) is 0.500. The van der Waals surface area contributed by atoms with Gasteiger partial charge in [0, 0.05) is 30.6 Å². The van der Waals surface area contributed by atoms with Crippen molar-refractivity contribution in [2.45, 2.75) is 57.2 Å². The zero-order valence-corrected chi connectivity index (χ0v) is 16.5. The van der Waals surface area contributed by atoms with Gasteiger partial charge in [-0.05, 0) is 37.8 Å². The van der Waals surface area contributed by atoms with Crippen LogP contribution in [0.25, 0.3) is 0 Å². The highest BCUT2D eigenvalue weighted by molar-refractivity contribution is 5.37. The van der Waals surface area contributed by atoms with E-state index in [2.05, 4.69) is 54.3 Å². The lowest BCUT2D eigenvalue weighted by atomic mass is 9.66. The van der Waals surface area contributed by atoms with Gasteiger partial charge in [-0.2, -0.15) is 0 Å². The summed E-state index contributed by atoms with van der Waals surface area (Å²) in [7, 11) is 1.75. The van der Waals surface area contributed by atoms with Gasteiger partial charge in [-0.25, -0.2) is 0 Å². The molecule has 4 rings (SSSR count). The SMILES string of the molecule is COc1ccccc1[C@@H]1[C@H]2CCCC[C@@]2(O)CCN1Cc1ccc(C)cc1. The summed E-state index contributed by atoms with van der Waals surface area (Å²) in [6.45, 7) is 3.96. The van der Waals surface area contributed by atoms with Gasteiger partial charge in [0.1, 0.15) is 5.75 Å². The molecule has 144 valence electrons. The first-order valence-electron chi connectivity index (χ1n) is 10.3. The molecule has 1 heterocycles. The molecule has 3 atom stereocenters. The smallest absolute Gasteiger partial charge is 0.123 e. The van der Waals surface area contributed by atoms with E-state index in [1.54, 1.807) is 7.11 Å². The Morgan fingerprint density at radius 2 is 1.85 bits per heavy atom. The predicted octanol–water partition coefficient (Wildman–Crippen LogP) is 4.87. The van der Waals surface area contributed by atoms with Crippen LogP contribution in [0.1, 0.15) is 54.8 Å². The lowest BCUT2D eigenvalue weighted by Gasteiger charge is -2.53. The summed E-state index contributed by atoms with van der Waals surface area (Å²) in [6.07, 6.45) is 5.24. The molecule has 0 radical (unpaired) electrons. The number of fused-ring (bicyclic) bond motifs is 1. The number of hydrogen-bond donors (Lipinski definition) is 1. The molecule has 1 aliphatic carbocycles. The zero-order chi connectivity index (χ0) is 18.9. The summed E-state index contributed by atoms with van der Waals surface area (Å²) in [5, 5.41) is 11.4. The van der Waals surface area contributed by atoms with Crippen molar-refractivity contribution in [1.82, 2.24) is 4.90 Å². The van der Waals surface area contributed by atoms with Crippen molar-refractivity contribution in [2.24, 2.45) is 5.92 Å². The largest absolute Gasteiger partial charge is 0.496 e. The minimum absolute atomic E-state index is 0.196. The number of hydrogen-bond acceptors (Lipinski definition) is 3. The minimum atomic E-state index is -0.534. The van der Waals surface area contributed by atoms with E-state index >= 15 is 0 Å². The molecule has 1 N–H and O–H groups in total. The fourth-order valence-corrected chi connectivity index (χ4v) is 5.17. The van der Waals surface area contributed by atoms with E-state index in [1.807, 2.05) is 6.07 Å². The third kappa shape index (κ3) is 3.63. The maximum Gasteiger partial charge on any atom is 0.123 e. The van der Waals surface area contributed by atoms with Crippen molar-refractivity contribution in [3.05, 3.63) is 65.2 Å². The van der Waals surface area contributed by atoms with Gasteiger partial charge < -0.3 is 9.84 Å². The molecule has 0 spiro atoms. The van der Waals surface area contributed by atoms with Gasteiger partial charge >= 0.3 is 0 Å². The van der Waals surface area contributed by atoms with Crippen LogP contribution in [0, 0.1) is 12.8 Å². The number of methoxy groups -OCH3 is 1. The van der Waals surface area contributed by atoms with Crippen molar-refractivity contribution < 1.29 is 9.84 Å². The molecular formula is C24H31NO2. The lowest BCUT2D eigenvalue weighted by Crippen LogP contribution is -2.54. The second kappa shape index (κ2) is 7.65. The molecule has 0 amide bonds. The molecular weight excluding hydrogens is 334 g/mol. The van der Waals surface area contributed by atoms with Crippen molar-refractivity contribution in [3.63, 3.8) is 0 Å². The number of aliphatic hydroxyl groups is 1. The van der Waals surface area contributed by atoms with E-state index in [-0.39, 0.29) is 12.0 Å². The number of benzene rings is 2. The molecule has 1 aliphatic heterocycles. The Morgan fingerprint density at radius 1 is 1.07 bits per heavy atom. The third-order valence-corrected chi connectivity index (χ3v) is 6.64. The van der Waals surface area contributed by atoms with Crippen LogP contribution >= 0.6 is 0 Å². The van der Waals surface area contributed by atoms with E-state index in [4.69, 9.17) is 4.74 Å². The van der Waals surface area contributed by atoms with Crippen LogP contribution in [-0.4, -0.2) is 29.3 Å². The van der Waals surface area contributed by atoms with E-state index in [9.17, 15) is 5.11 Å². The summed E-state index contributed by atoms with van der Waals surface area (Å²) < 4.78 is 5.72. The van der Waals surface area contributed by atoms with Crippen molar-refractivity contribution in [2.75, 3.05) is 13.7 Å². The number of aryl methyl sites for hydroxylation is 1. The number of rotatable bonds is 4. The summed E-state index contributed by atoms with van der Waals surface area (Å²) in [5.41, 5.74) is 3.31. The van der Waals surface area contributed by atoms with Gasteiger partial charge in [-0.15, -0.1) is 0 Å². The molecule has 2 fully saturated rings. The maximum atomic E-state index is 11.4. The molecule has 3 nitrogen and oxygen atoms in total. The zero-order valence-electron chi connectivity index (χ0n) is 16.5. The standard InChI is InChI=1S/C24H31NO2/c1-18-10-12-19(13-11-18)17-25-16-15-24(26)14-6-5-8-21(24)23(25)20-7-3-4-9-22(20)27-2/h3-4,7,9-13,21,23,26H,5-6,8,14-17H2,1-2H3/t21-,23-,24-/m1/s1. The van der Waals surface area contributed by atoms with E-state index < -0.39 is 5.60 Å². The number of likely N-dealkylation sites (tertiary alicyclic amines) is 1. The van der Waals surface area contributed by atoms with Crippen LogP contribution in [0.3, 0.4) is 0 Å². The van der Waals surface area contributed by atoms with Gasteiger partial charge in [-0.1, -0.05) is 60.9 Å². The van der Waals surface area contributed by atoms with Crippen LogP contribution in [0.15, 0.2) is 48.5 Å². The van der Waals surface area contributed by atoms with E-state index in [1.165, 1.54) is 23.1 Å². The van der Waals surface area contributed by atoms with E-state index in [0.29, 0.717) is 0 Å². The highest BCUT2D eigenvalue weighted by Gasteiger charge is 2.49. The molecule has 0 bridgehead atoms. The molecule has 0 aromatic heterocycles. The Labute approximate surface area is 163 Å². The minimum Gasteiger partial charge on any atom is -0.496 e. The first-order valence-corrected chi connectivity index (χ1v) is 10.3. The maximum absolute atomic E-state index is 11.4. The topological polar surface area (TPSA) is 32.7 Å². The van der Waals surface area contributed by atoms with Gasteiger partial charge in [0.05, 0.1) is 12.7 Å².